The van der Waals surface area contributed by atoms with E-state index in [1.165, 1.54) is 6.92 Å². The van der Waals surface area contributed by atoms with Crippen LogP contribution in [0.1, 0.15) is 30.6 Å². The van der Waals surface area contributed by atoms with Gasteiger partial charge in [-0.25, -0.2) is 0 Å². The second kappa shape index (κ2) is 4.59. The Balaban J connectivity index is 2.95. The summed E-state index contributed by atoms with van der Waals surface area (Å²) in [6, 6.07) is 7.08. The average Bonchev–Trinajstić information content (AvgIpc) is 2.16. The van der Waals surface area contributed by atoms with Crippen LogP contribution in [0.15, 0.2) is 24.3 Å². The van der Waals surface area contributed by atoms with Crippen LogP contribution in [0.2, 0.25) is 0 Å². The van der Waals surface area contributed by atoms with Gasteiger partial charge in [-0.3, -0.25) is 4.79 Å². The van der Waals surface area contributed by atoms with Gasteiger partial charge in [0.2, 0.25) is 0 Å². The third-order valence-corrected chi connectivity index (χ3v) is 1.96. The maximum atomic E-state index is 10.8. The summed E-state index contributed by atoms with van der Waals surface area (Å²) in [5.74, 6) is 2.43. The van der Waals surface area contributed by atoms with Crippen LogP contribution in [0, 0.1) is 12.3 Å². The van der Waals surface area contributed by atoms with E-state index in [0.29, 0.717) is 11.1 Å². The predicted octanol–water partition coefficient (Wildman–Crippen LogP) is 1.68. The third kappa shape index (κ3) is 2.45. The molecule has 1 aromatic carbocycles. The number of ketones is 1. The summed E-state index contributed by atoms with van der Waals surface area (Å²) in [6.07, 6.45) is 4.59. The molecular formula is C12H12O2. The van der Waals surface area contributed by atoms with E-state index in [-0.39, 0.29) is 12.2 Å². The average molecular weight is 188 g/mol. The summed E-state index contributed by atoms with van der Waals surface area (Å²) in [5.41, 5.74) is 1.28. The first-order valence-corrected chi connectivity index (χ1v) is 4.38. The molecule has 2 nitrogen and oxygen atoms in total. The molecule has 72 valence electrons. The van der Waals surface area contributed by atoms with E-state index in [9.17, 15) is 9.90 Å². The molecule has 0 saturated carbocycles. The van der Waals surface area contributed by atoms with Crippen molar-refractivity contribution in [2.75, 3.05) is 0 Å². The van der Waals surface area contributed by atoms with Crippen LogP contribution in [-0.2, 0) is 4.79 Å². The van der Waals surface area contributed by atoms with Gasteiger partial charge < -0.3 is 5.11 Å². The number of carbonyl (C=O) groups excluding carboxylic acids is 1. The van der Waals surface area contributed by atoms with Crippen molar-refractivity contribution in [3.05, 3.63) is 35.4 Å². The van der Waals surface area contributed by atoms with Crippen LogP contribution >= 0.6 is 0 Å². The molecule has 0 aliphatic carbocycles. The first-order valence-electron chi connectivity index (χ1n) is 4.38. The molecule has 1 N–H and O–H groups in total. The summed E-state index contributed by atoms with van der Waals surface area (Å²) < 4.78 is 0. The number of terminal acetylenes is 1. The molecule has 0 unspecified atom stereocenters. The summed E-state index contributed by atoms with van der Waals surface area (Å²) in [4.78, 5) is 10.8. The number of hydrogen-bond acceptors (Lipinski definition) is 2. The minimum absolute atomic E-state index is 0.0516. The van der Waals surface area contributed by atoms with Crippen molar-refractivity contribution in [3.63, 3.8) is 0 Å². The van der Waals surface area contributed by atoms with Gasteiger partial charge in [0.25, 0.3) is 0 Å². The van der Waals surface area contributed by atoms with Gasteiger partial charge in [-0.1, -0.05) is 24.1 Å². The Kier molecular flexibility index (Phi) is 3.44. The smallest absolute Gasteiger partial charge is 0.132 e. The third-order valence-electron chi connectivity index (χ3n) is 1.96. The van der Waals surface area contributed by atoms with E-state index in [0.717, 1.165) is 0 Å². The van der Waals surface area contributed by atoms with Crippen molar-refractivity contribution in [1.29, 1.82) is 0 Å². The molecule has 0 bridgehead atoms. The van der Waals surface area contributed by atoms with E-state index in [2.05, 4.69) is 5.92 Å². The minimum Gasteiger partial charge on any atom is -0.388 e. The number of hydrogen-bond donors (Lipinski definition) is 1. The Morgan fingerprint density at radius 3 is 2.79 bits per heavy atom. The fourth-order valence-corrected chi connectivity index (χ4v) is 1.30. The lowest BCUT2D eigenvalue weighted by atomic mass is 9.99. The highest BCUT2D eigenvalue weighted by Gasteiger charge is 2.12. The molecule has 0 aliphatic heterocycles. The number of aliphatic hydroxyl groups is 1. The Bertz CT molecular complexity index is 374. The molecule has 0 saturated heterocycles. The fourth-order valence-electron chi connectivity index (χ4n) is 1.30. The van der Waals surface area contributed by atoms with E-state index in [1.54, 1.807) is 24.3 Å². The summed E-state index contributed by atoms with van der Waals surface area (Å²) in [7, 11) is 0. The van der Waals surface area contributed by atoms with Gasteiger partial charge in [0.1, 0.15) is 5.78 Å². The topological polar surface area (TPSA) is 37.3 Å². The van der Waals surface area contributed by atoms with Crippen LogP contribution in [-0.4, -0.2) is 10.9 Å². The predicted molar refractivity (Wildman–Crippen MR) is 54.6 cm³/mol. The van der Waals surface area contributed by atoms with Crippen molar-refractivity contribution in [3.8, 4) is 12.3 Å². The zero-order valence-corrected chi connectivity index (χ0v) is 8.03. The first-order chi connectivity index (χ1) is 6.65. The number of Topliss-reactive ketones (excluding diaryl/α,β-unsaturated/α-hetero) is 1. The molecule has 1 atom stereocenters. The number of benzene rings is 1. The molecule has 2 heteroatoms. The highest BCUT2D eigenvalue weighted by molar-refractivity contribution is 5.76. The van der Waals surface area contributed by atoms with Crippen LogP contribution < -0.4 is 0 Å². The molecule has 0 radical (unpaired) electrons. The number of carbonyl (C=O) groups is 1. The molecule has 1 aromatic rings. The highest BCUT2D eigenvalue weighted by Crippen LogP contribution is 2.20. The van der Waals surface area contributed by atoms with Crippen molar-refractivity contribution >= 4 is 5.78 Å². The van der Waals surface area contributed by atoms with E-state index < -0.39 is 6.10 Å². The van der Waals surface area contributed by atoms with E-state index in [1.807, 2.05) is 0 Å². The number of aliphatic hydroxyl groups excluding tert-OH is 1. The maximum absolute atomic E-state index is 10.8. The normalized spacial score (nSPS) is 11.8. The van der Waals surface area contributed by atoms with Crippen LogP contribution in [0.4, 0.5) is 0 Å². The molecule has 1 rings (SSSR count). The SMILES string of the molecule is C#Cc1ccccc1[C@H](O)CC(C)=O. The largest absolute Gasteiger partial charge is 0.388 e. The lowest BCUT2D eigenvalue weighted by Crippen LogP contribution is -2.04. The van der Waals surface area contributed by atoms with Gasteiger partial charge >= 0.3 is 0 Å². The molecule has 0 aliphatic rings. The molecule has 0 aromatic heterocycles. The molecule has 0 heterocycles. The Morgan fingerprint density at radius 2 is 2.21 bits per heavy atom. The summed E-state index contributed by atoms with van der Waals surface area (Å²) in [6.45, 7) is 1.45. The molecule has 0 amide bonds. The second-order valence-electron chi connectivity index (χ2n) is 3.15. The van der Waals surface area contributed by atoms with Crippen LogP contribution in [0.5, 0.6) is 0 Å². The van der Waals surface area contributed by atoms with Crippen molar-refractivity contribution in [2.45, 2.75) is 19.4 Å². The molecular weight excluding hydrogens is 176 g/mol. The lowest BCUT2D eigenvalue weighted by Gasteiger charge is -2.10. The fraction of sp³-hybridized carbons (Fsp3) is 0.250. The highest BCUT2D eigenvalue weighted by atomic mass is 16.3. The Labute approximate surface area is 83.6 Å². The first kappa shape index (κ1) is 10.5. The van der Waals surface area contributed by atoms with Gasteiger partial charge in [-0.15, -0.1) is 6.42 Å². The second-order valence-corrected chi connectivity index (χ2v) is 3.15. The van der Waals surface area contributed by atoms with Gasteiger partial charge in [-0.05, 0) is 18.6 Å². The zero-order valence-electron chi connectivity index (χ0n) is 8.03. The quantitative estimate of drug-likeness (QED) is 0.733. The van der Waals surface area contributed by atoms with Crippen LogP contribution in [0.25, 0.3) is 0 Å². The van der Waals surface area contributed by atoms with E-state index in [4.69, 9.17) is 6.42 Å². The Hall–Kier alpha value is -1.59. The van der Waals surface area contributed by atoms with E-state index >= 15 is 0 Å². The Morgan fingerprint density at radius 1 is 1.57 bits per heavy atom. The van der Waals surface area contributed by atoms with Gasteiger partial charge in [0, 0.05) is 12.0 Å². The molecule has 0 spiro atoms. The lowest BCUT2D eigenvalue weighted by molar-refractivity contribution is -0.118. The number of rotatable bonds is 3. The summed E-state index contributed by atoms with van der Waals surface area (Å²) in [5, 5.41) is 9.69. The minimum atomic E-state index is -0.792. The van der Waals surface area contributed by atoms with Crippen LogP contribution in [0.3, 0.4) is 0 Å². The van der Waals surface area contributed by atoms with Crippen molar-refractivity contribution in [1.82, 2.24) is 0 Å². The summed E-state index contributed by atoms with van der Waals surface area (Å²) >= 11 is 0. The molecule has 0 fully saturated rings. The maximum Gasteiger partial charge on any atom is 0.132 e. The molecule has 14 heavy (non-hydrogen) atoms. The van der Waals surface area contributed by atoms with Gasteiger partial charge in [-0.2, -0.15) is 0 Å². The monoisotopic (exact) mass is 188 g/mol. The zero-order chi connectivity index (χ0) is 10.6. The standard InChI is InChI=1S/C12H12O2/c1-3-10-6-4-5-7-11(10)12(14)8-9(2)13/h1,4-7,12,14H,8H2,2H3/t12-/m1/s1. The van der Waals surface area contributed by atoms with Crippen molar-refractivity contribution < 1.29 is 9.90 Å². The van der Waals surface area contributed by atoms with Gasteiger partial charge in [0.15, 0.2) is 0 Å². The van der Waals surface area contributed by atoms with Crippen molar-refractivity contribution in [2.24, 2.45) is 0 Å². The van der Waals surface area contributed by atoms with Gasteiger partial charge in [0.05, 0.1) is 6.10 Å².